The minimum Gasteiger partial charge on any atom is -0.465 e. The maximum atomic E-state index is 13.7. The van der Waals surface area contributed by atoms with E-state index in [1.165, 1.54) is 30.7 Å². The number of thiazole rings is 1. The highest BCUT2D eigenvalue weighted by molar-refractivity contribution is 7.13. The molecule has 0 atom stereocenters. The van der Waals surface area contributed by atoms with Crippen LogP contribution in [0.5, 0.6) is 0 Å². The van der Waals surface area contributed by atoms with Crippen LogP contribution in [-0.4, -0.2) is 18.1 Å². The van der Waals surface area contributed by atoms with Crippen LogP contribution in [0.25, 0.3) is 0 Å². The summed E-state index contributed by atoms with van der Waals surface area (Å²) in [5.41, 5.74) is 0.452. The standard InChI is InChI=1S/C12H9ClFNO2S/c1-17-12(16)9-6-15-10(18-9)5-7-3-2-4-8(13)11(7)14/h2-4,6H,5H2,1H3. The molecule has 1 aromatic heterocycles. The van der Waals surface area contributed by atoms with Crippen LogP contribution in [0, 0.1) is 5.82 Å². The van der Waals surface area contributed by atoms with Crippen molar-refractivity contribution in [2.45, 2.75) is 6.42 Å². The van der Waals surface area contributed by atoms with Crippen molar-refractivity contribution in [3.05, 3.63) is 50.7 Å². The first-order valence-corrected chi connectivity index (χ1v) is 6.27. The van der Waals surface area contributed by atoms with Gasteiger partial charge in [0.25, 0.3) is 0 Å². The van der Waals surface area contributed by atoms with E-state index in [2.05, 4.69) is 9.72 Å². The molecule has 0 amide bonds. The molecule has 3 nitrogen and oxygen atoms in total. The Balaban J connectivity index is 2.21. The molecule has 18 heavy (non-hydrogen) atoms. The third-order valence-electron chi connectivity index (χ3n) is 2.31. The normalized spacial score (nSPS) is 10.4. The SMILES string of the molecule is COC(=O)c1cnc(Cc2cccc(Cl)c2F)s1. The van der Waals surface area contributed by atoms with Gasteiger partial charge in [0.15, 0.2) is 0 Å². The molecular weight excluding hydrogens is 277 g/mol. The number of rotatable bonds is 3. The van der Waals surface area contributed by atoms with Gasteiger partial charge < -0.3 is 4.74 Å². The fraction of sp³-hybridized carbons (Fsp3) is 0.167. The van der Waals surface area contributed by atoms with E-state index < -0.39 is 11.8 Å². The summed E-state index contributed by atoms with van der Waals surface area (Å²) < 4.78 is 18.3. The molecule has 0 bridgehead atoms. The lowest BCUT2D eigenvalue weighted by molar-refractivity contribution is 0.0606. The number of nitrogens with zero attached hydrogens (tertiary/aromatic N) is 1. The number of benzene rings is 1. The molecule has 0 aliphatic carbocycles. The highest BCUT2D eigenvalue weighted by Crippen LogP contribution is 2.22. The maximum absolute atomic E-state index is 13.7. The van der Waals surface area contributed by atoms with Gasteiger partial charge in [-0.3, -0.25) is 0 Å². The zero-order chi connectivity index (χ0) is 13.1. The second-order valence-electron chi connectivity index (χ2n) is 3.50. The molecule has 0 radical (unpaired) electrons. The number of methoxy groups -OCH3 is 1. The van der Waals surface area contributed by atoms with E-state index in [9.17, 15) is 9.18 Å². The molecule has 0 N–H and O–H groups in total. The Morgan fingerprint density at radius 3 is 3.06 bits per heavy atom. The Morgan fingerprint density at radius 1 is 1.56 bits per heavy atom. The molecule has 94 valence electrons. The van der Waals surface area contributed by atoms with Crippen molar-refractivity contribution in [2.24, 2.45) is 0 Å². The number of ether oxygens (including phenoxy) is 1. The largest absolute Gasteiger partial charge is 0.465 e. The number of esters is 1. The van der Waals surface area contributed by atoms with Gasteiger partial charge >= 0.3 is 5.97 Å². The van der Waals surface area contributed by atoms with Crippen molar-refractivity contribution in [3.8, 4) is 0 Å². The fourth-order valence-electron chi connectivity index (χ4n) is 1.43. The molecule has 1 aromatic carbocycles. The molecule has 0 aliphatic rings. The predicted molar refractivity (Wildman–Crippen MR) is 67.7 cm³/mol. The summed E-state index contributed by atoms with van der Waals surface area (Å²) in [6.07, 6.45) is 1.72. The first-order chi connectivity index (χ1) is 8.61. The van der Waals surface area contributed by atoms with Gasteiger partial charge in [-0.05, 0) is 11.6 Å². The maximum Gasteiger partial charge on any atom is 0.349 e. The molecule has 0 fully saturated rings. The van der Waals surface area contributed by atoms with Crippen molar-refractivity contribution in [1.82, 2.24) is 4.98 Å². The predicted octanol–water partition coefficient (Wildman–Crippen LogP) is 3.31. The first-order valence-electron chi connectivity index (χ1n) is 5.07. The van der Waals surface area contributed by atoms with Gasteiger partial charge in [-0.2, -0.15) is 0 Å². The molecule has 0 aliphatic heterocycles. The van der Waals surface area contributed by atoms with Gasteiger partial charge in [-0.15, -0.1) is 11.3 Å². The molecule has 0 spiro atoms. The molecule has 1 heterocycles. The van der Waals surface area contributed by atoms with E-state index in [0.29, 0.717) is 21.9 Å². The lowest BCUT2D eigenvalue weighted by Crippen LogP contribution is -1.96. The van der Waals surface area contributed by atoms with Crippen LogP contribution in [0.3, 0.4) is 0 Å². The second kappa shape index (κ2) is 5.46. The van der Waals surface area contributed by atoms with E-state index >= 15 is 0 Å². The van der Waals surface area contributed by atoms with Crippen LogP contribution >= 0.6 is 22.9 Å². The Hall–Kier alpha value is -1.46. The highest BCUT2D eigenvalue weighted by atomic mass is 35.5. The Morgan fingerprint density at radius 2 is 2.33 bits per heavy atom. The number of aromatic nitrogens is 1. The number of carbonyl (C=O) groups is 1. The zero-order valence-electron chi connectivity index (χ0n) is 9.44. The molecule has 2 aromatic rings. The summed E-state index contributed by atoms with van der Waals surface area (Å²) in [7, 11) is 1.30. The second-order valence-corrected chi connectivity index (χ2v) is 5.02. The van der Waals surface area contributed by atoms with Gasteiger partial charge in [-0.1, -0.05) is 23.7 Å². The van der Waals surface area contributed by atoms with Crippen molar-refractivity contribution in [2.75, 3.05) is 7.11 Å². The van der Waals surface area contributed by atoms with Crippen LogP contribution in [0.15, 0.2) is 24.4 Å². The monoisotopic (exact) mass is 285 g/mol. The number of hydrogen-bond donors (Lipinski definition) is 0. The molecule has 2 rings (SSSR count). The van der Waals surface area contributed by atoms with Gasteiger partial charge in [-0.25, -0.2) is 14.2 Å². The number of halogens is 2. The first kappa shape index (κ1) is 13.0. The van der Waals surface area contributed by atoms with Crippen LogP contribution < -0.4 is 0 Å². The van der Waals surface area contributed by atoms with Gasteiger partial charge in [0, 0.05) is 6.42 Å². The number of hydrogen-bond acceptors (Lipinski definition) is 4. The lowest BCUT2D eigenvalue weighted by Gasteiger charge is -2.01. The van der Waals surface area contributed by atoms with Crippen molar-refractivity contribution in [1.29, 1.82) is 0 Å². The molecule has 0 unspecified atom stereocenters. The van der Waals surface area contributed by atoms with Crippen molar-refractivity contribution < 1.29 is 13.9 Å². The van der Waals surface area contributed by atoms with Gasteiger partial charge in [0.05, 0.1) is 23.3 Å². The fourth-order valence-corrected chi connectivity index (χ4v) is 2.49. The Bertz CT molecular complexity index is 585. The smallest absolute Gasteiger partial charge is 0.349 e. The summed E-state index contributed by atoms with van der Waals surface area (Å²) >= 11 is 6.87. The summed E-state index contributed by atoms with van der Waals surface area (Å²) in [6, 6.07) is 4.80. The van der Waals surface area contributed by atoms with Gasteiger partial charge in [0.1, 0.15) is 10.7 Å². The van der Waals surface area contributed by atoms with E-state index in [1.807, 2.05) is 0 Å². The third kappa shape index (κ3) is 2.68. The van der Waals surface area contributed by atoms with E-state index in [4.69, 9.17) is 11.6 Å². The Kier molecular flexibility index (Phi) is 3.93. The quantitative estimate of drug-likeness (QED) is 0.812. The van der Waals surface area contributed by atoms with Gasteiger partial charge in [0.2, 0.25) is 0 Å². The summed E-state index contributed by atoms with van der Waals surface area (Å²) in [5, 5.41) is 0.716. The molecule has 6 heteroatoms. The average Bonchev–Trinajstić information content (AvgIpc) is 2.82. The lowest BCUT2D eigenvalue weighted by atomic mass is 10.1. The number of carbonyl (C=O) groups excluding carboxylic acids is 1. The molecule has 0 saturated carbocycles. The molecule has 0 saturated heterocycles. The third-order valence-corrected chi connectivity index (χ3v) is 3.58. The topological polar surface area (TPSA) is 39.2 Å². The van der Waals surface area contributed by atoms with Crippen LogP contribution in [0.4, 0.5) is 4.39 Å². The van der Waals surface area contributed by atoms with E-state index in [-0.39, 0.29) is 5.02 Å². The van der Waals surface area contributed by atoms with Crippen LogP contribution in [-0.2, 0) is 11.2 Å². The van der Waals surface area contributed by atoms with E-state index in [0.717, 1.165) is 0 Å². The average molecular weight is 286 g/mol. The zero-order valence-corrected chi connectivity index (χ0v) is 11.0. The summed E-state index contributed by atoms with van der Waals surface area (Å²) in [4.78, 5) is 15.7. The Labute approximate surface area is 112 Å². The van der Waals surface area contributed by atoms with Crippen LogP contribution in [0.2, 0.25) is 5.02 Å². The minimum absolute atomic E-state index is 0.0808. The molecular formula is C12H9ClFNO2S. The summed E-state index contributed by atoms with van der Waals surface area (Å²) in [5.74, 6) is -0.890. The minimum atomic E-state index is -0.450. The summed E-state index contributed by atoms with van der Waals surface area (Å²) in [6.45, 7) is 0. The highest BCUT2D eigenvalue weighted by Gasteiger charge is 2.13. The van der Waals surface area contributed by atoms with Crippen molar-refractivity contribution >= 4 is 28.9 Å². The van der Waals surface area contributed by atoms with Crippen LogP contribution in [0.1, 0.15) is 20.2 Å². The van der Waals surface area contributed by atoms with Crippen molar-refractivity contribution in [3.63, 3.8) is 0 Å². The van der Waals surface area contributed by atoms with E-state index in [1.54, 1.807) is 12.1 Å².